The molecule has 6 aromatic rings. The molecule has 0 amide bonds. The lowest BCUT2D eigenvalue weighted by molar-refractivity contribution is 0.923. The highest BCUT2D eigenvalue weighted by atomic mass is 15.0. The number of hydrogen-bond acceptors (Lipinski definition) is 0. The van der Waals surface area contributed by atoms with E-state index in [2.05, 4.69) is 101 Å². The number of aromatic amines is 1. The van der Waals surface area contributed by atoms with Gasteiger partial charge in [-0.15, -0.1) is 0 Å². The van der Waals surface area contributed by atoms with E-state index >= 15 is 0 Å². The quantitative estimate of drug-likeness (QED) is 0.334. The van der Waals surface area contributed by atoms with Crippen LogP contribution in [0.15, 0.2) is 84.9 Å². The van der Waals surface area contributed by atoms with Crippen molar-refractivity contribution in [3.63, 3.8) is 0 Å². The molecule has 0 aliphatic carbocycles. The molecule has 0 bridgehead atoms. The maximum Gasteiger partial charge on any atom is 0.0709 e. The number of H-pyrrole nitrogens is 1. The standard InChI is InChI=1S/C27H22N2/c1-2-9-18-10-7-14-22-20-12-4-6-16-24(20)29(27(18)22)25-17-8-13-21-19-11-3-5-15-23(19)28-26(21)25/h3-8,10-17,28H,2,9H2,1H3. The number of aryl methyl sites for hydroxylation is 1. The van der Waals surface area contributed by atoms with E-state index in [0.717, 1.165) is 12.8 Å². The minimum Gasteiger partial charge on any atom is -0.353 e. The Bertz CT molecular complexity index is 1510. The third-order valence-corrected chi connectivity index (χ3v) is 6.06. The van der Waals surface area contributed by atoms with Gasteiger partial charge in [-0.05, 0) is 30.2 Å². The number of fused-ring (bicyclic) bond motifs is 6. The Morgan fingerprint density at radius 3 is 2.31 bits per heavy atom. The van der Waals surface area contributed by atoms with Crippen molar-refractivity contribution in [3.8, 4) is 5.69 Å². The first kappa shape index (κ1) is 16.4. The highest BCUT2D eigenvalue weighted by Crippen LogP contribution is 2.37. The topological polar surface area (TPSA) is 20.7 Å². The predicted octanol–water partition coefficient (Wildman–Crippen LogP) is 7.37. The smallest absolute Gasteiger partial charge is 0.0709 e. The lowest BCUT2D eigenvalue weighted by Gasteiger charge is -2.12. The van der Waals surface area contributed by atoms with Gasteiger partial charge in [0.2, 0.25) is 0 Å². The van der Waals surface area contributed by atoms with Gasteiger partial charge >= 0.3 is 0 Å². The van der Waals surface area contributed by atoms with E-state index in [9.17, 15) is 0 Å². The van der Waals surface area contributed by atoms with E-state index < -0.39 is 0 Å². The number of aromatic nitrogens is 2. The van der Waals surface area contributed by atoms with Crippen molar-refractivity contribution in [3.05, 3.63) is 90.5 Å². The van der Waals surface area contributed by atoms with Crippen LogP contribution in [0.4, 0.5) is 0 Å². The molecule has 2 heterocycles. The summed E-state index contributed by atoms with van der Waals surface area (Å²) in [6.07, 6.45) is 2.22. The van der Waals surface area contributed by atoms with Crippen LogP contribution in [0, 0.1) is 0 Å². The average Bonchev–Trinajstić information content (AvgIpc) is 3.31. The summed E-state index contributed by atoms with van der Waals surface area (Å²) in [6.45, 7) is 2.25. The van der Waals surface area contributed by atoms with Gasteiger partial charge in [0.15, 0.2) is 0 Å². The Labute approximate surface area is 169 Å². The number of para-hydroxylation sites is 4. The van der Waals surface area contributed by atoms with Crippen molar-refractivity contribution in [1.82, 2.24) is 9.55 Å². The molecule has 0 spiro atoms. The summed E-state index contributed by atoms with van der Waals surface area (Å²) in [4.78, 5) is 3.69. The van der Waals surface area contributed by atoms with Crippen LogP contribution < -0.4 is 0 Å². The van der Waals surface area contributed by atoms with Gasteiger partial charge in [0.1, 0.15) is 0 Å². The zero-order valence-corrected chi connectivity index (χ0v) is 16.4. The van der Waals surface area contributed by atoms with Crippen LogP contribution >= 0.6 is 0 Å². The lowest BCUT2D eigenvalue weighted by atomic mass is 10.1. The van der Waals surface area contributed by atoms with E-state index in [1.807, 2.05) is 0 Å². The van der Waals surface area contributed by atoms with Crippen LogP contribution in [0.25, 0.3) is 49.3 Å². The Morgan fingerprint density at radius 1 is 0.690 bits per heavy atom. The highest BCUT2D eigenvalue weighted by Gasteiger charge is 2.17. The van der Waals surface area contributed by atoms with E-state index in [-0.39, 0.29) is 0 Å². The number of hydrogen-bond donors (Lipinski definition) is 1. The average molecular weight is 374 g/mol. The molecule has 4 aromatic carbocycles. The van der Waals surface area contributed by atoms with Crippen molar-refractivity contribution < 1.29 is 0 Å². The minimum absolute atomic E-state index is 1.08. The van der Waals surface area contributed by atoms with Crippen molar-refractivity contribution in [2.75, 3.05) is 0 Å². The van der Waals surface area contributed by atoms with Gasteiger partial charge in [-0.25, -0.2) is 0 Å². The highest BCUT2D eigenvalue weighted by molar-refractivity contribution is 6.14. The largest absolute Gasteiger partial charge is 0.353 e. The Balaban J connectivity index is 1.82. The van der Waals surface area contributed by atoms with Crippen molar-refractivity contribution in [2.45, 2.75) is 19.8 Å². The fourth-order valence-corrected chi connectivity index (χ4v) is 4.85. The maximum absolute atomic E-state index is 3.69. The van der Waals surface area contributed by atoms with Gasteiger partial charge in [0.05, 0.1) is 22.2 Å². The molecule has 6 rings (SSSR count). The molecule has 2 nitrogen and oxygen atoms in total. The van der Waals surface area contributed by atoms with E-state index in [1.165, 1.54) is 54.9 Å². The fourth-order valence-electron chi connectivity index (χ4n) is 4.85. The number of nitrogens with one attached hydrogen (secondary N) is 1. The van der Waals surface area contributed by atoms with Gasteiger partial charge in [-0.2, -0.15) is 0 Å². The van der Waals surface area contributed by atoms with Crippen molar-refractivity contribution in [2.24, 2.45) is 0 Å². The second-order valence-corrected chi connectivity index (χ2v) is 7.79. The van der Waals surface area contributed by atoms with Gasteiger partial charge in [-0.3, -0.25) is 0 Å². The van der Waals surface area contributed by atoms with Gasteiger partial charge in [0, 0.05) is 27.1 Å². The molecule has 0 atom stereocenters. The molecule has 1 N–H and O–H groups in total. The Hall–Kier alpha value is -3.52. The van der Waals surface area contributed by atoms with Gasteiger partial charge in [0.25, 0.3) is 0 Å². The molecule has 0 saturated carbocycles. The number of nitrogens with zero attached hydrogens (tertiary/aromatic N) is 1. The normalized spacial score (nSPS) is 11.9. The summed E-state index contributed by atoms with van der Waals surface area (Å²) in [6, 6.07) is 30.7. The zero-order chi connectivity index (χ0) is 19.4. The third kappa shape index (κ3) is 2.29. The molecule has 0 radical (unpaired) electrons. The zero-order valence-electron chi connectivity index (χ0n) is 16.4. The van der Waals surface area contributed by atoms with Crippen molar-refractivity contribution in [1.29, 1.82) is 0 Å². The van der Waals surface area contributed by atoms with E-state index in [1.54, 1.807) is 0 Å². The first-order valence-electron chi connectivity index (χ1n) is 10.4. The predicted molar refractivity (Wildman–Crippen MR) is 124 cm³/mol. The van der Waals surface area contributed by atoms with Crippen LogP contribution in [-0.2, 0) is 6.42 Å². The molecule has 140 valence electrons. The first-order valence-corrected chi connectivity index (χ1v) is 10.4. The minimum atomic E-state index is 1.08. The molecule has 0 aliphatic rings. The summed E-state index contributed by atoms with van der Waals surface area (Å²) in [7, 11) is 0. The third-order valence-electron chi connectivity index (χ3n) is 6.06. The Kier molecular flexibility index (Phi) is 3.54. The van der Waals surface area contributed by atoms with Crippen LogP contribution in [-0.4, -0.2) is 9.55 Å². The van der Waals surface area contributed by atoms with Crippen LogP contribution in [0.2, 0.25) is 0 Å². The first-order chi connectivity index (χ1) is 14.4. The lowest BCUT2D eigenvalue weighted by Crippen LogP contribution is -1.98. The molecular weight excluding hydrogens is 352 g/mol. The summed E-state index contributed by atoms with van der Waals surface area (Å²) in [5.74, 6) is 0. The Morgan fingerprint density at radius 2 is 1.41 bits per heavy atom. The maximum atomic E-state index is 3.69. The van der Waals surface area contributed by atoms with Crippen LogP contribution in [0.3, 0.4) is 0 Å². The van der Waals surface area contributed by atoms with E-state index in [0.29, 0.717) is 0 Å². The molecule has 29 heavy (non-hydrogen) atoms. The molecule has 0 saturated heterocycles. The second-order valence-electron chi connectivity index (χ2n) is 7.79. The summed E-state index contributed by atoms with van der Waals surface area (Å²) < 4.78 is 2.47. The molecule has 0 aliphatic heterocycles. The second kappa shape index (κ2) is 6.25. The SMILES string of the molecule is CCCc1cccc2c3ccccc3n(-c3cccc4c3[nH]c3ccccc34)c12. The molecule has 2 aromatic heterocycles. The van der Waals surface area contributed by atoms with Crippen molar-refractivity contribution >= 4 is 43.6 Å². The molecular formula is C27H22N2. The monoisotopic (exact) mass is 374 g/mol. The van der Waals surface area contributed by atoms with Gasteiger partial charge < -0.3 is 9.55 Å². The van der Waals surface area contributed by atoms with Gasteiger partial charge in [-0.1, -0.05) is 80.1 Å². The fraction of sp³-hybridized carbons (Fsp3) is 0.111. The summed E-state index contributed by atoms with van der Waals surface area (Å²) >= 11 is 0. The molecule has 2 heteroatoms. The molecule has 0 unspecified atom stereocenters. The van der Waals surface area contributed by atoms with Crippen LogP contribution in [0.5, 0.6) is 0 Å². The molecule has 0 fully saturated rings. The summed E-state index contributed by atoms with van der Waals surface area (Å²) in [5, 5.41) is 5.20. The van der Waals surface area contributed by atoms with Crippen LogP contribution in [0.1, 0.15) is 18.9 Å². The number of rotatable bonds is 3. The summed E-state index contributed by atoms with van der Waals surface area (Å²) in [5.41, 5.74) is 7.61. The number of benzene rings is 4. The van der Waals surface area contributed by atoms with E-state index in [4.69, 9.17) is 0 Å².